The molecule has 0 N–H and O–H groups in total. The van der Waals surface area contributed by atoms with Crippen molar-refractivity contribution in [2.45, 2.75) is 246 Å². The molecule has 0 heterocycles. The van der Waals surface area contributed by atoms with Gasteiger partial charge in [0.25, 0.3) is 7.82 Å². The van der Waals surface area contributed by atoms with Crippen molar-refractivity contribution in [1.29, 1.82) is 0 Å². The summed E-state index contributed by atoms with van der Waals surface area (Å²) >= 11 is 0. The van der Waals surface area contributed by atoms with E-state index in [0.717, 1.165) is 49.6 Å². The van der Waals surface area contributed by atoms with Crippen LogP contribution in [0, 0.1) is 0 Å². The average molecular weight is 834 g/mol. The first-order valence-corrected chi connectivity index (χ1v) is 25.2. The normalized spacial score (nSPS) is 13.2. The lowest BCUT2D eigenvalue weighted by Gasteiger charge is -2.26. The molecule has 0 fully saturated rings. The highest BCUT2D eigenvalue weighted by molar-refractivity contribution is 7.45. The Morgan fingerprint density at radius 1 is 0.491 bits per heavy atom. The molecule has 0 saturated heterocycles. The third kappa shape index (κ3) is 45.9. The van der Waals surface area contributed by atoms with E-state index in [2.05, 4.69) is 35.0 Å². The predicted octanol–water partition coefficient (Wildman–Crippen LogP) is 13.6. The lowest BCUT2D eigenvalue weighted by Crippen LogP contribution is -2.35. The van der Waals surface area contributed by atoms with Crippen molar-refractivity contribution in [3.8, 4) is 0 Å². The monoisotopic (exact) mass is 834 g/mol. The molecule has 57 heavy (non-hydrogen) atoms. The van der Waals surface area contributed by atoms with Gasteiger partial charge in [0.1, 0.15) is 6.61 Å². The molecule has 2 atom stereocenters. The summed E-state index contributed by atoms with van der Waals surface area (Å²) in [7, 11) is 1.64. The van der Waals surface area contributed by atoms with Crippen LogP contribution in [-0.4, -0.2) is 70.0 Å². The molecule has 0 aromatic rings. The van der Waals surface area contributed by atoms with Crippen LogP contribution in [0.3, 0.4) is 0 Å². The van der Waals surface area contributed by atoms with Gasteiger partial charge in [-0.25, -0.2) is 0 Å². The summed E-state index contributed by atoms with van der Waals surface area (Å²) in [6.45, 7) is 4.76. The number of hydrogen-bond donors (Lipinski definition) is 0. The van der Waals surface area contributed by atoms with Crippen LogP contribution in [0.5, 0.6) is 0 Å². The Labute approximate surface area is 354 Å². The third-order valence-electron chi connectivity index (χ3n) is 10.6. The van der Waals surface area contributed by atoms with E-state index in [1.165, 1.54) is 154 Å². The Hall–Kier alpha value is -0.990. The SMILES string of the molecule is C.CCCCCCCCCCCCCCCCCC(=O)OCC(COP(=O)([O-])OCCCC[N+](C)(C)C)OC(=O)CCCCCCCCCCCCCCCCC. The van der Waals surface area contributed by atoms with Crippen LogP contribution in [0.4, 0.5) is 0 Å². The summed E-state index contributed by atoms with van der Waals surface area (Å²) in [5, 5.41) is 0. The topological polar surface area (TPSA) is 111 Å². The molecule has 0 rings (SSSR count). The molecule has 2 unspecified atom stereocenters. The summed E-state index contributed by atoms with van der Waals surface area (Å²) in [5.41, 5.74) is 0. The maximum Gasteiger partial charge on any atom is 0.306 e. The zero-order chi connectivity index (χ0) is 41.4. The van der Waals surface area contributed by atoms with Crippen molar-refractivity contribution in [2.75, 3.05) is 47.5 Å². The first-order valence-electron chi connectivity index (χ1n) is 23.7. The van der Waals surface area contributed by atoms with Crippen LogP contribution < -0.4 is 4.89 Å². The Kier molecular flexibility index (Phi) is 42.5. The molecule has 0 aliphatic rings. The lowest BCUT2D eigenvalue weighted by molar-refractivity contribution is -0.870. The number of phosphoric acid groups is 1. The van der Waals surface area contributed by atoms with Gasteiger partial charge in [-0.15, -0.1) is 0 Å². The molecule has 0 aromatic carbocycles. The van der Waals surface area contributed by atoms with Crippen LogP contribution in [0.1, 0.15) is 240 Å². The summed E-state index contributed by atoms with van der Waals surface area (Å²) in [5.74, 6) is -0.810. The zero-order valence-electron chi connectivity index (χ0n) is 37.6. The molecule has 342 valence electrons. The van der Waals surface area contributed by atoms with Gasteiger partial charge < -0.3 is 27.9 Å². The van der Waals surface area contributed by atoms with Gasteiger partial charge in [0.2, 0.25) is 0 Å². The number of rotatable bonds is 44. The standard InChI is InChI=1S/C46H92NO8P.CH4/c1-6-8-10-12-14-16-18-20-22-24-26-28-30-32-34-38-45(48)52-42-44(43-54-56(50,51)53-41-37-36-40-47(3,4)5)55-46(49)39-35-33-31-29-27-25-23-21-19-17-15-13-11-9-7-2;/h44H,6-43H2,1-5H3;1H4. The molecule has 0 spiro atoms. The fraction of sp³-hybridized carbons (Fsp3) is 0.957. The highest BCUT2D eigenvalue weighted by Gasteiger charge is 2.21. The molecule has 0 aliphatic carbocycles. The van der Waals surface area contributed by atoms with Crippen LogP contribution in [0.25, 0.3) is 0 Å². The quantitative estimate of drug-likeness (QED) is 0.0258. The maximum absolute atomic E-state index is 12.7. The molecular weight excluding hydrogens is 737 g/mol. The van der Waals surface area contributed by atoms with Crippen molar-refractivity contribution >= 4 is 19.8 Å². The molecule has 0 amide bonds. The van der Waals surface area contributed by atoms with Crippen LogP contribution >= 0.6 is 7.82 Å². The van der Waals surface area contributed by atoms with E-state index in [0.29, 0.717) is 12.8 Å². The fourth-order valence-electron chi connectivity index (χ4n) is 6.98. The van der Waals surface area contributed by atoms with E-state index >= 15 is 0 Å². The van der Waals surface area contributed by atoms with Crippen molar-refractivity contribution in [2.24, 2.45) is 0 Å². The highest BCUT2D eigenvalue weighted by atomic mass is 31.2. The second-order valence-electron chi connectivity index (χ2n) is 17.5. The minimum absolute atomic E-state index is 0. The molecule has 0 saturated carbocycles. The van der Waals surface area contributed by atoms with E-state index in [1.54, 1.807) is 0 Å². The van der Waals surface area contributed by atoms with Gasteiger partial charge in [-0.2, -0.15) is 0 Å². The molecule has 0 aliphatic heterocycles. The molecule has 9 nitrogen and oxygen atoms in total. The van der Waals surface area contributed by atoms with E-state index in [1.807, 2.05) is 0 Å². The number of quaternary nitrogens is 1. The summed E-state index contributed by atoms with van der Waals surface area (Å²) < 4.78 is 34.4. The lowest BCUT2D eigenvalue weighted by atomic mass is 10.0. The molecule has 0 aromatic heterocycles. The Morgan fingerprint density at radius 2 is 0.842 bits per heavy atom. The van der Waals surface area contributed by atoms with E-state index in [-0.39, 0.29) is 39.5 Å². The number of carbonyl (C=O) groups excluding carboxylic acids is 2. The first-order chi connectivity index (χ1) is 27.0. The largest absolute Gasteiger partial charge is 0.756 e. The second-order valence-corrected chi connectivity index (χ2v) is 18.9. The Morgan fingerprint density at radius 3 is 1.21 bits per heavy atom. The number of carbonyl (C=O) groups is 2. The number of unbranched alkanes of at least 4 members (excludes halogenated alkanes) is 29. The first kappa shape index (κ1) is 58.1. The minimum Gasteiger partial charge on any atom is -0.756 e. The number of ether oxygens (including phenoxy) is 2. The number of nitrogens with zero attached hydrogens (tertiary/aromatic N) is 1. The molecule has 0 radical (unpaired) electrons. The zero-order valence-corrected chi connectivity index (χ0v) is 38.5. The average Bonchev–Trinajstić information content (AvgIpc) is 3.15. The molecular formula is C47H96NO8P. The van der Waals surface area contributed by atoms with Crippen LogP contribution in [0.15, 0.2) is 0 Å². The summed E-state index contributed by atoms with van der Waals surface area (Å²) in [4.78, 5) is 37.7. The van der Waals surface area contributed by atoms with E-state index in [4.69, 9.17) is 18.5 Å². The molecule has 0 bridgehead atoms. The highest BCUT2D eigenvalue weighted by Crippen LogP contribution is 2.38. The maximum atomic E-state index is 12.7. The fourth-order valence-corrected chi connectivity index (χ4v) is 7.75. The van der Waals surface area contributed by atoms with Crippen molar-refractivity contribution in [1.82, 2.24) is 0 Å². The minimum atomic E-state index is -4.60. The van der Waals surface area contributed by atoms with Gasteiger partial charge in [0.05, 0.1) is 40.9 Å². The van der Waals surface area contributed by atoms with Crippen LogP contribution in [-0.2, 0) is 32.7 Å². The molecule has 10 heteroatoms. The van der Waals surface area contributed by atoms with Crippen LogP contribution in [0.2, 0.25) is 0 Å². The Bertz CT molecular complexity index is 928. The third-order valence-corrected chi connectivity index (χ3v) is 11.6. The number of phosphoric ester groups is 1. The summed E-state index contributed by atoms with van der Waals surface area (Å²) in [6.07, 6.45) is 38.3. The van der Waals surface area contributed by atoms with Gasteiger partial charge >= 0.3 is 11.9 Å². The van der Waals surface area contributed by atoms with Gasteiger partial charge in [-0.05, 0) is 25.7 Å². The van der Waals surface area contributed by atoms with E-state index < -0.39 is 26.5 Å². The van der Waals surface area contributed by atoms with Crippen molar-refractivity contribution < 1.29 is 42.1 Å². The van der Waals surface area contributed by atoms with Crippen molar-refractivity contribution in [3.63, 3.8) is 0 Å². The summed E-state index contributed by atoms with van der Waals surface area (Å²) in [6, 6.07) is 0. The smallest absolute Gasteiger partial charge is 0.306 e. The van der Waals surface area contributed by atoms with Crippen molar-refractivity contribution in [3.05, 3.63) is 0 Å². The van der Waals surface area contributed by atoms with Gasteiger partial charge in [0.15, 0.2) is 6.10 Å². The second kappa shape index (κ2) is 41.7. The Balaban J connectivity index is 0. The van der Waals surface area contributed by atoms with Gasteiger partial charge in [-0.3, -0.25) is 14.2 Å². The van der Waals surface area contributed by atoms with E-state index in [9.17, 15) is 19.0 Å². The number of esters is 2. The van der Waals surface area contributed by atoms with Gasteiger partial charge in [0, 0.05) is 12.8 Å². The van der Waals surface area contributed by atoms with Gasteiger partial charge in [-0.1, -0.05) is 201 Å². The predicted molar refractivity (Wildman–Crippen MR) is 238 cm³/mol. The number of hydrogen-bond acceptors (Lipinski definition) is 8.